The molecule has 1 unspecified atom stereocenters. The fourth-order valence-electron chi connectivity index (χ4n) is 4.12. The van der Waals surface area contributed by atoms with E-state index in [-0.39, 0.29) is 27.5 Å². The van der Waals surface area contributed by atoms with Crippen LogP contribution in [0.5, 0.6) is 0 Å². The van der Waals surface area contributed by atoms with E-state index in [4.69, 9.17) is 0 Å². The zero-order valence-corrected chi connectivity index (χ0v) is 18.2. The highest BCUT2D eigenvalue weighted by Crippen LogP contribution is 2.38. The molecule has 1 saturated heterocycles. The van der Waals surface area contributed by atoms with Crippen LogP contribution in [-0.4, -0.2) is 42.5 Å². The molecular formula is C20H25F2N5O2S. The molecule has 30 heavy (non-hydrogen) atoms. The van der Waals surface area contributed by atoms with Crippen LogP contribution in [-0.2, 0) is 9.84 Å². The average molecular weight is 438 g/mol. The minimum absolute atomic E-state index is 0.0132. The Bertz CT molecular complexity index is 1070. The van der Waals surface area contributed by atoms with Gasteiger partial charge in [0.25, 0.3) is 6.43 Å². The average Bonchev–Trinajstić information content (AvgIpc) is 2.97. The predicted octanol–water partition coefficient (Wildman–Crippen LogP) is 3.74. The summed E-state index contributed by atoms with van der Waals surface area (Å²) in [4.78, 5) is 6.07. The first-order valence-electron chi connectivity index (χ1n) is 9.65. The highest BCUT2D eigenvalue weighted by Gasteiger charge is 2.34. The third kappa shape index (κ3) is 4.46. The minimum atomic E-state index is -3.45. The number of nitriles is 1. The molecule has 2 aromatic heterocycles. The first-order valence-corrected chi connectivity index (χ1v) is 11.5. The Hall–Kier alpha value is -2.54. The zero-order chi connectivity index (χ0) is 22.3. The number of hydrogen-bond acceptors (Lipinski definition) is 6. The molecule has 0 amide bonds. The molecule has 3 rings (SSSR count). The molecule has 0 bridgehead atoms. The summed E-state index contributed by atoms with van der Waals surface area (Å²) in [6.45, 7) is 7.55. The lowest BCUT2D eigenvalue weighted by atomic mass is 9.83. The summed E-state index contributed by atoms with van der Waals surface area (Å²) in [7, 11) is -3.45. The van der Waals surface area contributed by atoms with Gasteiger partial charge in [-0.1, -0.05) is 20.8 Å². The van der Waals surface area contributed by atoms with Crippen molar-refractivity contribution in [2.24, 2.45) is 11.3 Å². The van der Waals surface area contributed by atoms with Crippen molar-refractivity contribution < 1.29 is 17.2 Å². The lowest BCUT2D eigenvalue weighted by Crippen LogP contribution is -2.34. The van der Waals surface area contributed by atoms with Crippen LogP contribution >= 0.6 is 0 Å². The number of halogens is 2. The van der Waals surface area contributed by atoms with Gasteiger partial charge < -0.3 is 4.90 Å². The van der Waals surface area contributed by atoms with Crippen molar-refractivity contribution in [1.29, 1.82) is 5.26 Å². The van der Waals surface area contributed by atoms with Crippen LogP contribution < -0.4 is 4.90 Å². The molecule has 0 aromatic carbocycles. The number of sulfone groups is 1. The van der Waals surface area contributed by atoms with Crippen molar-refractivity contribution in [3.8, 4) is 11.9 Å². The Labute approximate surface area is 175 Å². The maximum Gasteiger partial charge on any atom is 0.283 e. The summed E-state index contributed by atoms with van der Waals surface area (Å²) in [5.74, 6) is 0.902. The van der Waals surface area contributed by atoms with Crippen molar-refractivity contribution in [1.82, 2.24) is 14.8 Å². The molecule has 1 atom stereocenters. The number of hydrogen-bond donors (Lipinski definition) is 0. The van der Waals surface area contributed by atoms with Gasteiger partial charge in [0, 0.05) is 25.5 Å². The molecule has 1 aliphatic heterocycles. The van der Waals surface area contributed by atoms with Crippen molar-refractivity contribution in [3.05, 3.63) is 29.6 Å². The largest absolute Gasteiger partial charge is 0.355 e. The maximum absolute atomic E-state index is 13.7. The molecule has 162 valence electrons. The summed E-state index contributed by atoms with van der Waals surface area (Å²) in [5.41, 5.74) is -0.864. The van der Waals surface area contributed by atoms with Gasteiger partial charge in [0.2, 0.25) is 0 Å². The van der Waals surface area contributed by atoms with Crippen LogP contribution in [0.25, 0.3) is 5.82 Å². The summed E-state index contributed by atoms with van der Waals surface area (Å²) < 4.78 is 52.0. The number of nitrogens with zero attached hydrogens (tertiary/aromatic N) is 5. The molecule has 7 nitrogen and oxygen atoms in total. The van der Waals surface area contributed by atoms with Crippen molar-refractivity contribution in [3.63, 3.8) is 0 Å². The van der Waals surface area contributed by atoms with Gasteiger partial charge in [-0.15, -0.1) is 0 Å². The maximum atomic E-state index is 13.7. The van der Waals surface area contributed by atoms with E-state index >= 15 is 0 Å². The molecule has 0 aliphatic carbocycles. The van der Waals surface area contributed by atoms with Gasteiger partial charge >= 0.3 is 0 Å². The standard InChI is InChI=1S/C20H25F2N5O2S/c1-13-7-8-26(12-20(2,3)9-13)19-15(10-23)17(18(21)22)25-27(19)16-6-5-14(11-24-16)30(4,28)29/h5-6,11,13,18H,7-9,12H2,1-4H3. The van der Waals surface area contributed by atoms with Gasteiger partial charge in [-0.3, -0.25) is 0 Å². The highest BCUT2D eigenvalue weighted by molar-refractivity contribution is 7.90. The van der Waals surface area contributed by atoms with E-state index in [1.54, 1.807) is 0 Å². The number of pyridine rings is 1. The van der Waals surface area contributed by atoms with E-state index < -0.39 is 22.0 Å². The van der Waals surface area contributed by atoms with E-state index in [0.717, 1.165) is 19.1 Å². The van der Waals surface area contributed by atoms with Crippen molar-refractivity contribution >= 4 is 15.7 Å². The summed E-state index contributed by atoms with van der Waals surface area (Å²) in [6.07, 6.45) is 1.13. The van der Waals surface area contributed by atoms with Crippen LogP contribution in [0.1, 0.15) is 51.3 Å². The molecular weight excluding hydrogens is 412 g/mol. The first-order chi connectivity index (χ1) is 13.9. The van der Waals surface area contributed by atoms with Gasteiger partial charge in [-0.2, -0.15) is 15.0 Å². The number of aromatic nitrogens is 3. The van der Waals surface area contributed by atoms with Gasteiger partial charge in [-0.05, 0) is 36.3 Å². The molecule has 1 fully saturated rings. The topological polar surface area (TPSA) is 91.9 Å². The Kier molecular flexibility index (Phi) is 5.87. The van der Waals surface area contributed by atoms with Crippen LogP contribution in [0.3, 0.4) is 0 Å². The first kappa shape index (κ1) is 22.2. The van der Waals surface area contributed by atoms with Gasteiger partial charge in [-0.25, -0.2) is 22.2 Å². The van der Waals surface area contributed by atoms with E-state index in [1.807, 2.05) is 11.0 Å². The van der Waals surface area contributed by atoms with Crippen LogP contribution in [0.4, 0.5) is 14.6 Å². The summed E-state index contributed by atoms with van der Waals surface area (Å²) in [5, 5.41) is 13.7. The van der Waals surface area contributed by atoms with Crippen LogP contribution in [0.15, 0.2) is 23.2 Å². The monoisotopic (exact) mass is 437 g/mol. The quantitative estimate of drug-likeness (QED) is 0.724. The fraction of sp³-hybridized carbons (Fsp3) is 0.550. The Morgan fingerprint density at radius 2 is 2.03 bits per heavy atom. The van der Waals surface area contributed by atoms with Gasteiger partial charge in [0.1, 0.15) is 17.3 Å². The zero-order valence-electron chi connectivity index (χ0n) is 17.4. The number of anilines is 1. The second-order valence-electron chi connectivity index (χ2n) is 8.72. The molecule has 0 saturated carbocycles. The Morgan fingerprint density at radius 1 is 1.33 bits per heavy atom. The number of rotatable bonds is 4. The van der Waals surface area contributed by atoms with E-state index in [9.17, 15) is 22.5 Å². The van der Waals surface area contributed by atoms with E-state index in [1.165, 1.54) is 23.0 Å². The molecule has 1 aliphatic rings. The van der Waals surface area contributed by atoms with Crippen LogP contribution in [0.2, 0.25) is 0 Å². The van der Waals surface area contributed by atoms with Crippen LogP contribution in [0, 0.1) is 22.7 Å². The smallest absolute Gasteiger partial charge is 0.283 e. The number of alkyl halides is 2. The molecule has 0 N–H and O–H groups in total. The lowest BCUT2D eigenvalue weighted by molar-refractivity contribution is 0.145. The van der Waals surface area contributed by atoms with Crippen molar-refractivity contribution in [2.75, 3.05) is 24.2 Å². The molecule has 2 aromatic rings. The second-order valence-corrected chi connectivity index (χ2v) is 10.7. The van der Waals surface area contributed by atoms with Gasteiger partial charge in [0.05, 0.1) is 4.90 Å². The molecule has 0 radical (unpaired) electrons. The molecule has 3 heterocycles. The van der Waals surface area contributed by atoms with Gasteiger partial charge in [0.15, 0.2) is 21.5 Å². The summed E-state index contributed by atoms with van der Waals surface area (Å²) in [6, 6.07) is 4.66. The Balaban J connectivity index is 2.18. The fourth-order valence-corrected chi connectivity index (χ4v) is 4.68. The minimum Gasteiger partial charge on any atom is -0.355 e. The lowest BCUT2D eigenvalue weighted by Gasteiger charge is -2.31. The van der Waals surface area contributed by atoms with E-state index in [0.29, 0.717) is 19.0 Å². The predicted molar refractivity (Wildman–Crippen MR) is 109 cm³/mol. The second kappa shape index (κ2) is 7.95. The normalized spacial score (nSPS) is 19.5. The Morgan fingerprint density at radius 3 is 2.57 bits per heavy atom. The summed E-state index contributed by atoms with van der Waals surface area (Å²) >= 11 is 0. The van der Waals surface area contributed by atoms with Crippen molar-refractivity contribution in [2.45, 2.75) is 44.9 Å². The SMILES string of the molecule is CC1CCN(c2c(C#N)c(C(F)F)nn2-c2ccc(S(C)(=O)=O)cn2)CC(C)(C)C1. The third-order valence-electron chi connectivity index (χ3n) is 5.28. The third-order valence-corrected chi connectivity index (χ3v) is 6.38. The highest BCUT2D eigenvalue weighted by atomic mass is 32.2. The molecule has 0 spiro atoms. The van der Waals surface area contributed by atoms with E-state index in [2.05, 4.69) is 30.9 Å². The molecule has 10 heteroatoms.